The van der Waals surface area contributed by atoms with E-state index >= 15 is 0 Å². The minimum atomic E-state index is -0.408. The summed E-state index contributed by atoms with van der Waals surface area (Å²) >= 11 is 3.52. The summed E-state index contributed by atoms with van der Waals surface area (Å²) in [5.41, 5.74) is 0.591. The van der Waals surface area contributed by atoms with Crippen molar-refractivity contribution < 1.29 is 14.3 Å². The van der Waals surface area contributed by atoms with Gasteiger partial charge >= 0.3 is 0 Å². The van der Waals surface area contributed by atoms with Gasteiger partial charge in [0.2, 0.25) is 6.08 Å². The van der Waals surface area contributed by atoms with Crippen molar-refractivity contribution in [2.24, 2.45) is 4.99 Å². The number of rotatable bonds is 2. The molecule has 0 atom stereocenters. The first-order chi connectivity index (χ1) is 9.25. The highest BCUT2D eigenvalue weighted by atomic mass is 79.9. The second-order valence-corrected chi connectivity index (χ2v) is 5.78. The Morgan fingerprint density at radius 1 is 1.21 bits per heavy atom. The van der Waals surface area contributed by atoms with Crippen molar-refractivity contribution in [3.05, 3.63) is 22.2 Å². The number of hydrogen-bond acceptors (Lipinski definition) is 4. The van der Waals surface area contributed by atoms with E-state index in [9.17, 15) is 4.79 Å². The van der Waals surface area contributed by atoms with Gasteiger partial charge in [-0.1, -0.05) is 0 Å². The summed E-state index contributed by atoms with van der Waals surface area (Å²) in [6.45, 7) is 1.30. The quantitative estimate of drug-likeness (QED) is 0.619. The van der Waals surface area contributed by atoms with Crippen molar-refractivity contribution in [1.29, 1.82) is 0 Å². The predicted octanol–water partition coefficient (Wildman–Crippen LogP) is 3.33. The molecular weight excluding hydrogens is 310 g/mol. The van der Waals surface area contributed by atoms with Gasteiger partial charge in [-0.3, -0.25) is 0 Å². The van der Waals surface area contributed by atoms with Crippen LogP contribution in [0.5, 0.6) is 11.5 Å². The van der Waals surface area contributed by atoms with Gasteiger partial charge in [0.15, 0.2) is 11.5 Å². The lowest BCUT2D eigenvalue weighted by Gasteiger charge is -2.37. The Morgan fingerprint density at radius 2 is 2.00 bits per heavy atom. The van der Waals surface area contributed by atoms with Crippen LogP contribution in [0.4, 0.5) is 0 Å². The third kappa shape index (κ3) is 2.17. The van der Waals surface area contributed by atoms with Gasteiger partial charge in [-0.15, -0.1) is 0 Å². The highest BCUT2D eigenvalue weighted by Crippen LogP contribution is 2.49. The molecule has 1 heterocycles. The van der Waals surface area contributed by atoms with Crippen molar-refractivity contribution in [3.8, 4) is 11.5 Å². The second-order valence-electron chi connectivity index (χ2n) is 4.92. The highest BCUT2D eigenvalue weighted by molar-refractivity contribution is 9.10. The minimum Gasteiger partial charge on any atom is -0.490 e. The first-order valence-electron chi connectivity index (χ1n) is 6.44. The normalized spacial score (nSPS) is 19.8. The maximum atomic E-state index is 10.7. The Bertz CT molecular complexity index is 548. The van der Waals surface area contributed by atoms with Gasteiger partial charge in [-0.05, 0) is 52.9 Å². The van der Waals surface area contributed by atoms with Crippen molar-refractivity contribution in [1.82, 2.24) is 0 Å². The Hall–Kier alpha value is -1.32. The number of ether oxygens (including phenoxy) is 2. The Balaban J connectivity index is 2.06. The Kier molecular flexibility index (Phi) is 3.33. The number of carbonyl (C=O) groups excluding carboxylic acids is 1. The van der Waals surface area contributed by atoms with Crippen LogP contribution >= 0.6 is 15.9 Å². The molecule has 5 heteroatoms. The fourth-order valence-electron chi connectivity index (χ4n) is 2.56. The lowest BCUT2D eigenvalue weighted by atomic mass is 9.72. The van der Waals surface area contributed by atoms with Crippen molar-refractivity contribution in [2.75, 3.05) is 13.2 Å². The summed E-state index contributed by atoms with van der Waals surface area (Å²) in [5, 5.41) is 0. The molecule has 1 aliphatic carbocycles. The molecule has 1 aromatic carbocycles. The largest absolute Gasteiger partial charge is 0.490 e. The SMILES string of the molecule is O=C=NC1(c2cc(Br)c3c(c2)OCCCO3)CCC1. The fraction of sp³-hybridized carbons (Fsp3) is 0.500. The number of hydrogen-bond donors (Lipinski definition) is 0. The molecular formula is C14H14BrNO3. The number of isocyanates is 1. The third-order valence-electron chi connectivity index (χ3n) is 3.78. The zero-order valence-electron chi connectivity index (χ0n) is 10.4. The number of halogens is 1. The highest BCUT2D eigenvalue weighted by Gasteiger charge is 2.40. The van der Waals surface area contributed by atoms with Crippen LogP contribution in [-0.2, 0) is 10.3 Å². The molecule has 0 radical (unpaired) electrons. The maximum absolute atomic E-state index is 10.7. The molecule has 1 aromatic rings. The van der Waals surface area contributed by atoms with Crippen LogP contribution in [0, 0.1) is 0 Å². The molecule has 0 aromatic heterocycles. The van der Waals surface area contributed by atoms with Gasteiger partial charge < -0.3 is 9.47 Å². The first-order valence-corrected chi connectivity index (χ1v) is 7.23. The summed E-state index contributed by atoms with van der Waals surface area (Å²) in [4.78, 5) is 14.7. The van der Waals surface area contributed by atoms with Crippen LogP contribution in [0.3, 0.4) is 0 Å². The van der Waals surface area contributed by atoms with Gasteiger partial charge in [0, 0.05) is 6.42 Å². The van der Waals surface area contributed by atoms with Crippen LogP contribution in [-0.4, -0.2) is 19.3 Å². The number of fused-ring (bicyclic) bond motifs is 1. The van der Waals surface area contributed by atoms with Crippen molar-refractivity contribution >= 4 is 22.0 Å². The first kappa shape index (κ1) is 12.7. The predicted molar refractivity (Wildman–Crippen MR) is 73.4 cm³/mol. The molecule has 0 spiro atoms. The van der Waals surface area contributed by atoms with E-state index in [0.29, 0.717) is 13.2 Å². The molecule has 1 saturated carbocycles. The van der Waals surface area contributed by atoms with Gasteiger partial charge in [0.25, 0.3) is 0 Å². The van der Waals surface area contributed by atoms with E-state index in [1.807, 2.05) is 12.1 Å². The maximum Gasteiger partial charge on any atom is 0.235 e. The molecule has 2 aliphatic rings. The number of aliphatic imine (C=N–C) groups is 1. The summed E-state index contributed by atoms with van der Waals surface area (Å²) in [6, 6.07) is 3.93. The van der Waals surface area contributed by atoms with Crippen LogP contribution in [0.25, 0.3) is 0 Å². The van der Waals surface area contributed by atoms with Gasteiger partial charge in [0.05, 0.1) is 23.2 Å². The molecule has 1 aliphatic heterocycles. The zero-order chi connectivity index (χ0) is 13.3. The number of benzene rings is 1. The molecule has 1 fully saturated rings. The van der Waals surface area contributed by atoms with E-state index in [0.717, 1.165) is 47.2 Å². The fourth-order valence-corrected chi connectivity index (χ4v) is 3.12. The molecule has 0 bridgehead atoms. The second kappa shape index (κ2) is 4.99. The van der Waals surface area contributed by atoms with Crippen LogP contribution in [0.2, 0.25) is 0 Å². The molecule has 0 N–H and O–H groups in total. The summed E-state index contributed by atoms with van der Waals surface area (Å²) in [5.74, 6) is 1.47. The van der Waals surface area contributed by atoms with Gasteiger partial charge in [0.1, 0.15) is 0 Å². The lowest BCUT2D eigenvalue weighted by Crippen LogP contribution is -2.31. The van der Waals surface area contributed by atoms with E-state index in [2.05, 4.69) is 20.9 Å². The zero-order valence-corrected chi connectivity index (χ0v) is 12.0. The summed E-state index contributed by atoms with van der Waals surface area (Å²) in [6.07, 6.45) is 5.42. The summed E-state index contributed by atoms with van der Waals surface area (Å²) in [7, 11) is 0. The minimum absolute atomic E-state index is 0.408. The molecule has 4 nitrogen and oxygen atoms in total. The van der Waals surface area contributed by atoms with Crippen molar-refractivity contribution in [2.45, 2.75) is 31.2 Å². The monoisotopic (exact) mass is 323 g/mol. The average molecular weight is 324 g/mol. The third-order valence-corrected chi connectivity index (χ3v) is 4.37. The molecule has 3 rings (SSSR count). The lowest BCUT2D eigenvalue weighted by molar-refractivity contribution is 0.253. The molecule has 0 amide bonds. The van der Waals surface area contributed by atoms with E-state index < -0.39 is 5.54 Å². The molecule has 100 valence electrons. The standard InChI is InChI=1S/C14H14BrNO3/c15-11-7-10(14(16-9-17)3-1-4-14)8-12-13(11)19-6-2-5-18-12/h7-8H,1-6H2. The van der Waals surface area contributed by atoms with Crippen LogP contribution < -0.4 is 9.47 Å². The average Bonchev–Trinajstić information content (AvgIpc) is 2.59. The van der Waals surface area contributed by atoms with Gasteiger partial charge in [-0.25, -0.2) is 4.79 Å². The Morgan fingerprint density at radius 3 is 2.68 bits per heavy atom. The molecule has 0 saturated heterocycles. The van der Waals surface area contributed by atoms with E-state index in [4.69, 9.17) is 9.47 Å². The Labute approximate surface area is 119 Å². The topological polar surface area (TPSA) is 47.9 Å². The molecule has 0 unspecified atom stereocenters. The van der Waals surface area contributed by atoms with Crippen LogP contribution in [0.15, 0.2) is 21.6 Å². The van der Waals surface area contributed by atoms with E-state index in [1.54, 1.807) is 6.08 Å². The van der Waals surface area contributed by atoms with Gasteiger partial charge in [-0.2, -0.15) is 4.99 Å². The molecule has 19 heavy (non-hydrogen) atoms. The van der Waals surface area contributed by atoms with Crippen molar-refractivity contribution in [3.63, 3.8) is 0 Å². The summed E-state index contributed by atoms with van der Waals surface area (Å²) < 4.78 is 12.3. The van der Waals surface area contributed by atoms with E-state index in [1.165, 1.54) is 0 Å². The van der Waals surface area contributed by atoms with Crippen LogP contribution in [0.1, 0.15) is 31.2 Å². The smallest absolute Gasteiger partial charge is 0.235 e. The van der Waals surface area contributed by atoms with E-state index in [-0.39, 0.29) is 0 Å². The number of nitrogens with zero attached hydrogens (tertiary/aromatic N) is 1.